The molecule has 1 rings (SSSR count). The Bertz CT molecular complexity index is 130. The molecule has 1 aliphatic rings. The summed E-state index contributed by atoms with van der Waals surface area (Å²) >= 11 is 0. The van der Waals surface area contributed by atoms with E-state index in [4.69, 9.17) is 9.47 Å². The average Bonchev–Trinajstić information content (AvgIpc) is 2.13. The molecular weight excluding hydrogens is 166 g/mol. The van der Waals surface area contributed by atoms with Gasteiger partial charge in [0, 0.05) is 19.7 Å². The summed E-state index contributed by atoms with van der Waals surface area (Å²) in [7, 11) is 0. The predicted octanol–water partition coefficient (Wildman–Crippen LogP) is 1.18. The molecule has 0 bridgehead atoms. The summed E-state index contributed by atoms with van der Waals surface area (Å²) in [5.74, 6) is 0. The van der Waals surface area contributed by atoms with Crippen molar-refractivity contribution in [3.8, 4) is 0 Å². The molecule has 1 aliphatic heterocycles. The zero-order valence-electron chi connectivity index (χ0n) is 8.71. The van der Waals surface area contributed by atoms with Crippen molar-refractivity contribution >= 4 is 0 Å². The zero-order chi connectivity index (χ0) is 9.52. The molecule has 1 saturated heterocycles. The average molecular weight is 187 g/mol. The summed E-state index contributed by atoms with van der Waals surface area (Å²) in [6, 6.07) is 0. The Hall–Kier alpha value is -0.120. The van der Waals surface area contributed by atoms with Crippen molar-refractivity contribution in [2.24, 2.45) is 0 Å². The number of hydrogen-bond donors (Lipinski definition) is 1. The minimum atomic E-state index is 0.251. The highest BCUT2D eigenvalue weighted by atomic mass is 16.5. The Balaban J connectivity index is 2.00. The van der Waals surface area contributed by atoms with Crippen molar-refractivity contribution in [3.05, 3.63) is 0 Å². The van der Waals surface area contributed by atoms with E-state index in [0.717, 1.165) is 32.7 Å². The van der Waals surface area contributed by atoms with Gasteiger partial charge in [-0.3, -0.25) is 0 Å². The van der Waals surface area contributed by atoms with Crippen LogP contribution in [0.1, 0.15) is 26.7 Å². The van der Waals surface area contributed by atoms with Crippen LogP contribution in [0.5, 0.6) is 0 Å². The van der Waals surface area contributed by atoms with Crippen LogP contribution in [0.15, 0.2) is 0 Å². The van der Waals surface area contributed by atoms with Gasteiger partial charge >= 0.3 is 0 Å². The minimum Gasteiger partial charge on any atom is -0.379 e. The Kier molecular flexibility index (Phi) is 5.35. The standard InChI is InChI=1S/C10H21NO2/c1-3-4-5-12-8-10-7-11-6-9(2)13-10/h9-11H,3-8H2,1-2H3/t9-,10-/m1/s1. The van der Waals surface area contributed by atoms with E-state index < -0.39 is 0 Å². The Morgan fingerprint density at radius 1 is 1.46 bits per heavy atom. The first kappa shape index (κ1) is 11.0. The number of morpholine rings is 1. The molecule has 1 heterocycles. The Labute approximate surface area is 80.8 Å². The molecule has 2 atom stereocenters. The monoisotopic (exact) mass is 187 g/mol. The molecule has 0 amide bonds. The molecule has 78 valence electrons. The number of unbranched alkanes of at least 4 members (excludes halogenated alkanes) is 1. The van der Waals surface area contributed by atoms with Gasteiger partial charge in [0.15, 0.2) is 0 Å². The van der Waals surface area contributed by atoms with Gasteiger partial charge in [0.25, 0.3) is 0 Å². The predicted molar refractivity (Wildman–Crippen MR) is 52.9 cm³/mol. The lowest BCUT2D eigenvalue weighted by Gasteiger charge is -2.28. The molecule has 3 nitrogen and oxygen atoms in total. The van der Waals surface area contributed by atoms with Crippen LogP contribution in [0.4, 0.5) is 0 Å². The van der Waals surface area contributed by atoms with Crippen LogP contribution in [0.3, 0.4) is 0 Å². The molecule has 1 N–H and O–H groups in total. The molecule has 0 aromatic heterocycles. The van der Waals surface area contributed by atoms with Crippen molar-refractivity contribution < 1.29 is 9.47 Å². The maximum Gasteiger partial charge on any atom is 0.0936 e. The second-order valence-electron chi connectivity index (χ2n) is 3.66. The van der Waals surface area contributed by atoms with Gasteiger partial charge in [-0.2, -0.15) is 0 Å². The molecule has 0 aliphatic carbocycles. The van der Waals surface area contributed by atoms with Crippen LogP contribution in [0, 0.1) is 0 Å². The summed E-state index contributed by atoms with van der Waals surface area (Å²) in [6.07, 6.45) is 2.92. The van der Waals surface area contributed by atoms with Crippen LogP contribution in [0.2, 0.25) is 0 Å². The van der Waals surface area contributed by atoms with Crippen LogP contribution in [-0.2, 0) is 9.47 Å². The lowest BCUT2D eigenvalue weighted by Crippen LogP contribution is -2.45. The summed E-state index contributed by atoms with van der Waals surface area (Å²) in [4.78, 5) is 0. The van der Waals surface area contributed by atoms with Crippen molar-refractivity contribution in [2.75, 3.05) is 26.3 Å². The SMILES string of the molecule is CCCCOC[C@H]1CNC[C@@H](C)O1. The van der Waals surface area contributed by atoms with Crippen LogP contribution >= 0.6 is 0 Å². The largest absolute Gasteiger partial charge is 0.379 e. The zero-order valence-corrected chi connectivity index (χ0v) is 8.71. The topological polar surface area (TPSA) is 30.5 Å². The van der Waals surface area contributed by atoms with Crippen LogP contribution in [0.25, 0.3) is 0 Å². The molecule has 0 aromatic rings. The first-order valence-corrected chi connectivity index (χ1v) is 5.27. The van der Waals surface area contributed by atoms with Gasteiger partial charge in [-0.15, -0.1) is 0 Å². The van der Waals surface area contributed by atoms with Gasteiger partial charge < -0.3 is 14.8 Å². The quantitative estimate of drug-likeness (QED) is 0.656. The van der Waals surface area contributed by atoms with E-state index in [2.05, 4.69) is 19.2 Å². The molecular formula is C10H21NO2. The van der Waals surface area contributed by atoms with Crippen molar-refractivity contribution in [2.45, 2.75) is 38.9 Å². The van der Waals surface area contributed by atoms with Gasteiger partial charge in [0.1, 0.15) is 0 Å². The van der Waals surface area contributed by atoms with Gasteiger partial charge in [-0.1, -0.05) is 13.3 Å². The van der Waals surface area contributed by atoms with E-state index in [0.29, 0.717) is 6.10 Å². The second kappa shape index (κ2) is 6.35. The summed E-state index contributed by atoms with van der Waals surface area (Å²) in [6.45, 7) is 7.75. The molecule has 0 aromatic carbocycles. The van der Waals surface area contributed by atoms with Gasteiger partial charge in [0.2, 0.25) is 0 Å². The molecule has 0 saturated carbocycles. The number of nitrogens with one attached hydrogen (secondary N) is 1. The first-order chi connectivity index (χ1) is 6.33. The smallest absolute Gasteiger partial charge is 0.0936 e. The maximum absolute atomic E-state index is 5.68. The number of ether oxygens (including phenoxy) is 2. The summed E-state index contributed by atoms with van der Waals surface area (Å²) in [5, 5.41) is 3.32. The Morgan fingerprint density at radius 3 is 3.00 bits per heavy atom. The van der Waals surface area contributed by atoms with Crippen LogP contribution in [-0.4, -0.2) is 38.5 Å². The first-order valence-electron chi connectivity index (χ1n) is 5.27. The Morgan fingerprint density at radius 2 is 2.31 bits per heavy atom. The lowest BCUT2D eigenvalue weighted by atomic mass is 10.2. The third kappa shape index (κ3) is 4.60. The third-order valence-corrected chi connectivity index (χ3v) is 2.17. The number of rotatable bonds is 5. The molecule has 0 radical (unpaired) electrons. The second-order valence-corrected chi connectivity index (χ2v) is 3.66. The fraction of sp³-hybridized carbons (Fsp3) is 1.00. The van der Waals surface area contributed by atoms with Crippen molar-refractivity contribution in [3.63, 3.8) is 0 Å². The maximum atomic E-state index is 5.68. The highest BCUT2D eigenvalue weighted by Crippen LogP contribution is 2.03. The van der Waals surface area contributed by atoms with Gasteiger partial charge in [-0.05, 0) is 13.3 Å². The summed E-state index contributed by atoms with van der Waals surface area (Å²) in [5.41, 5.74) is 0. The normalized spacial score (nSPS) is 29.1. The van der Waals surface area contributed by atoms with E-state index in [1.54, 1.807) is 0 Å². The fourth-order valence-corrected chi connectivity index (χ4v) is 1.43. The van der Waals surface area contributed by atoms with Gasteiger partial charge in [-0.25, -0.2) is 0 Å². The van der Waals surface area contributed by atoms with Crippen molar-refractivity contribution in [1.29, 1.82) is 0 Å². The lowest BCUT2D eigenvalue weighted by molar-refractivity contribution is -0.0687. The van der Waals surface area contributed by atoms with E-state index in [1.807, 2.05) is 0 Å². The van der Waals surface area contributed by atoms with E-state index >= 15 is 0 Å². The molecule has 1 fully saturated rings. The molecule has 0 spiro atoms. The van der Waals surface area contributed by atoms with Crippen LogP contribution < -0.4 is 5.32 Å². The molecule has 3 heteroatoms. The fourth-order valence-electron chi connectivity index (χ4n) is 1.43. The minimum absolute atomic E-state index is 0.251. The van der Waals surface area contributed by atoms with Crippen molar-refractivity contribution in [1.82, 2.24) is 5.32 Å². The highest BCUT2D eigenvalue weighted by molar-refractivity contribution is 4.71. The van der Waals surface area contributed by atoms with E-state index in [9.17, 15) is 0 Å². The van der Waals surface area contributed by atoms with E-state index in [1.165, 1.54) is 6.42 Å². The van der Waals surface area contributed by atoms with Gasteiger partial charge in [0.05, 0.1) is 18.8 Å². The number of hydrogen-bond acceptors (Lipinski definition) is 3. The molecule has 13 heavy (non-hydrogen) atoms. The van der Waals surface area contributed by atoms with E-state index in [-0.39, 0.29) is 6.10 Å². The summed E-state index contributed by atoms with van der Waals surface area (Å²) < 4.78 is 11.2. The third-order valence-electron chi connectivity index (χ3n) is 2.17. The molecule has 0 unspecified atom stereocenters. The highest BCUT2D eigenvalue weighted by Gasteiger charge is 2.18.